The van der Waals surface area contributed by atoms with Crippen molar-refractivity contribution >= 4 is 5.95 Å². The number of nitrogens with two attached hydrogens (primary N) is 1. The standard InChI is InChI=1S/C7H11N7/c1-5(14-4-9-3-10-14)6-11-7(8)13(2)12-6/h3-5H,1-2H3,(H2,8,11,12). The van der Waals surface area contributed by atoms with E-state index < -0.39 is 0 Å². The van der Waals surface area contributed by atoms with Crippen LogP contribution in [0.15, 0.2) is 12.7 Å². The fraction of sp³-hybridized carbons (Fsp3) is 0.429. The second kappa shape index (κ2) is 3.09. The zero-order chi connectivity index (χ0) is 10.1. The molecule has 2 heterocycles. The lowest BCUT2D eigenvalue weighted by Crippen LogP contribution is -2.09. The molecule has 0 saturated heterocycles. The van der Waals surface area contributed by atoms with Crippen LogP contribution in [0.3, 0.4) is 0 Å². The summed E-state index contributed by atoms with van der Waals surface area (Å²) in [7, 11) is 1.75. The van der Waals surface area contributed by atoms with Gasteiger partial charge < -0.3 is 5.73 Å². The van der Waals surface area contributed by atoms with Crippen LogP contribution in [0.2, 0.25) is 0 Å². The Balaban J connectivity index is 2.32. The zero-order valence-corrected chi connectivity index (χ0v) is 7.99. The molecule has 0 saturated carbocycles. The Kier molecular flexibility index (Phi) is 1.91. The molecule has 2 N–H and O–H groups in total. The van der Waals surface area contributed by atoms with Crippen LogP contribution in [0.25, 0.3) is 0 Å². The molecule has 2 aromatic heterocycles. The van der Waals surface area contributed by atoms with Gasteiger partial charge in [-0.1, -0.05) is 0 Å². The second-order valence-corrected chi connectivity index (χ2v) is 3.00. The summed E-state index contributed by atoms with van der Waals surface area (Å²) in [6.07, 6.45) is 3.10. The molecule has 0 spiro atoms. The topological polar surface area (TPSA) is 87.4 Å². The van der Waals surface area contributed by atoms with Gasteiger partial charge in [-0.2, -0.15) is 15.2 Å². The Morgan fingerprint density at radius 3 is 2.79 bits per heavy atom. The van der Waals surface area contributed by atoms with Crippen molar-refractivity contribution in [3.8, 4) is 0 Å². The third kappa shape index (κ3) is 1.32. The van der Waals surface area contributed by atoms with Crippen molar-refractivity contribution < 1.29 is 0 Å². The molecule has 14 heavy (non-hydrogen) atoms. The van der Waals surface area contributed by atoms with Crippen LogP contribution in [-0.2, 0) is 7.05 Å². The first-order chi connectivity index (χ1) is 6.68. The lowest BCUT2D eigenvalue weighted by atomic mass is 10.3. The summed E-state index contributed by atoms with van der Waals surface area (Å²) in [6.45, 7) is 1.93. The van der Waals surface area contributed by atoms with Crippen LogP contribution in [0.4, 0.5) is 5.95 Å². The Labute approximate surface area is 80.6 Å². The number of aromatic nitrogens is 6. The monoisotopic (exact) mass is 193 g/mol. The third-order valence-corrected chi connectivity index (χ3v) is 2.02. The van der Waals surface area contributed by atoms with Gasteiger partial charge in [0.2, 0.25) is 5.95 Å². The van der Waals surface area contributed by atoms with Crippen molar-refractivity contribution in [2.24, 2.45) is 7.05 Å². The molecular formula is C7H11N7. The molecule has 0 aliphatic carbocycles. The van der Waals surface area contributed by atoms with E-state index in [1.54, 1.807) is 18.1 Å². The Morgan fingerprint density at radius 1 is 1.50 bits per heavy atom. The van der Waals surface area contributed by atoms with Crippen molar-refractivity contribution in [3.63, 3.8) is 0 Å². The Hall–Kier alpha value is -1.92. The molecule has 0 amide bonds. The normalized spacial score (nSPS) is 13.0. The highest BCUT2D eigenvalue weighted by molar-refractivity contribution is 5.16. The highest BCUT2D eigenvalue weighted by Gasteiger charge is 2.14. The largest absolute Gasteiger partial charge is 0.368 e. The molecule has 7 nitrogen and oxygen atoms in total. The van der Waals surface area contributed by atoms with Crippen LogP contribution >= 0.6 is 0 Å². The van der Waals surface area contributed by atoms with Crippen LogP contribution < -0.4 is 5.73 Å². The highest BCUT2D eigenvalue weighted by Crippen LogP contribution is 2.12. The van der Waals surface area contributed by atoms with E-state index >= 15 is 0 Å². The van der Waals surface area contributed by atoms with E-state index in [1.807, 2.05) is 6.92 Å². The predicted molar refractivity (Wildman–Crippen MR) is 49.3 cm³/mol. The summed E-state index contributed by atoms with van der Waals surface area (Å²) in [5, 5.41) is 8.16. The van der Waals surface area contributed by atoms with E-state index in [1.165, 1.54) is 11.0 Å². The molecule has 7 heteroatoms. The second-order valence-electron chi connectivity index (χ2n) is 3.00. The molecule has 0 aliphatic heterocycles. The lowest BCUT2D eigenvalue weighted by molar-refractivity contribution is 0.530. The molecule has 1 atom stereocenters. The molecule has 0 bridgehead atoms. The minimum Gasteiger partial charge on any atom is -0.368 e. The van der Waals surface area contributed by atoms with E-state index in [-0.39, 0.29) is 6.04 Å². The van der Waals surface area contributed by atoms with E-state index in [0.717, 1.165) is 0 Å². The maximum Gasteiger partial charge on any atom is 0.218 e. The molecule has 1 unspecified atom stereocenters. The lowest BCUT2D eigenvalue weighted by Gasteiger charge is -2.05. The molecule has 0 aromatic carbocycles. The fourth-order valence-electron chi connectivity index (χ4n) is 1.13. The smallest absolute Gasteiger partial charge is 0.218 e. The molecule has 2 aromatic rings. The molecular weight excluding hydrogens is 182 g/mol. The van der Waals surface area contributed by atoms with Crippen LogP contribution in [-0.4, -0.2) is 29.5 Å². The minimum absolute atomic E-state index is 0.0546. The number of anilines is 1. The first-order valence-corrected chi connectivity index (χ1v) is 4.19. The van der Waals surface area contributed by atoms with Crippen molar-refractivity contribution in [1.82, 2.24) is 29.5 Å². The van der Waals surface area contributed by atoms with Crippen molar-refractivity contribution in [1.29, 1.82) is 0 Å². The quantitative estimate of drug-likeness (QED) is 0.701. The summed E-state index contributed by atoms with van der Waals surface area (Å²) in [5.74, 6) is 1.03. The van der Waals surface area contributed by atoms with E-state index in [2.05, 4.69) is 20.2 Å². The number of nitrogens with zero attached hydrogens (tertiary/aromatic N) is 6. The van der Waals surface area contributed by atoms with Crippen LogP contribution in [0, 0.1) is 0 Å². The fourth-order valence-corrected chi connectivity index (χ4v) is 1.13. The molecule has 0 radical (unpaired) electrons. The van der Waals surface area contributed by atoms with Crippen LogP contribution in [0.5, 0.6) is 0 Å². The van der Waals surface area contributed by atoms with Gasteiger partial charge in [-0.05, 0) is 6.92 Å². The molecule has 0 aliphatic rings. The molecule has 0 fully saturated rings. The van der Waals surface area contributed by atoms with Gasteiger partial charge in [-0.25, -0.2) is 14.3 Å². The zero-order valence-electron chi connectivity index (χ0n) is 7.99. The van der Waals surface area contributed by atoms with Gasteiger partial charge in [0.25, 0.3) is 0 Å². The van der Waals surface area contributed by atoms with E-state index in [4.69, 9.17) is 5.73 Å². The maximum absolute atomic E-state index is 5.58. The average molecular weight is 193 g/mol. The summed E-state index contributed by atoms with van der Waals surface area (Å²) in [4.78, 5) is 7.96. The number of rotatable bonds is 2. The number of aryl methyl sites for hydroxylation is 1. The summed E-state index contributed by atoms with van der Waals surface area (Å²) < 4.78 is 3.21. The number of nitrogen functional groups attached to an aromatic ring is 1. The summed E-state index contributed by atoms with van der Waals surface area (Å²) >= 11 is 0. The summed E-state index contributed by atoms with van der Waals surface area (Å²) in [6, 6.07) is -0.0546. The van der Waals surface area contributed by atoms with Gasteiger partial charge in [0.05, 0.1) is 0 Å². The van der Waals surface area contributed by atoms with Gasteiger partial charge in [-0.15, -0.1) is 0 Å². The van der Waals surface area contributed by atoms with E-state index in [9.17, 15) is 0 Å². The van der Waals surface area contributed by atoms with Gasteiger partial charge in [0.1, 0.15) is 18.7 Å². The molecule has 74 valence electrons. The van der Waals surface area contributed by atoms with Gasteiger partial charge >= 0.3 is 0 Å². The number of hydrogen-bond acceptors (Lipinski definition) is 5. The van der Waals surface area contributed by atoms with Crippen molar-refractivity contribution in [2.45, 2.75) is 13.0 Å². The maximum atomic E-state index is 5.58. The Bertz CT molecular complexity index is 396. The number of hydrogen-bond donors (Lipinski definition) is 1. The van der Waals surface area contributed by atoms with Crippen LogP contribution in [0.1, 0.15) is 18.8 Å². The van der Waals surface area contributed by atoms with E-state index in [0.29, 0.717) is 11.8 Å². The first kappa shape index (κ1) is 8.67. The SMILES string of the molecule is CC(c1nc(N)n(C)n1)n1cncn1. The first-order valence-electron chi connectivity index (χ1n) is 4.19. The van der Waals surface area contributed by atoms with Gasteiger partial charge in [0, 0.05) is 7.05 Å². The average Bonchev–Trinajstić information content (AvgIpc) is 2.76. The van der Waals surface area contributed by atoms with Gasteiger partial charge in [-0.3, -0.25) is 0 Å². The van der Waals surface area contributed by atoms with Gasteiger partial charge in [0.15, 0.2) is 5.82 Å². The summed E-state index contributed by atoms with van der Waals surface area (Å²) in [5.41, 5.74) is 5.58. The minimum atomic E-state index is -0.0546. The molecule has 2 rings (SSSR count). The highest BCUT2D eigenvalue weighted by atomic mass is 15.4. The van der Waals surface area contributed by atoms with Crippen molar-refractivity contribution in [2.75, 3.05) is 5.73 Å². The van der Waals surface area contributed by atoms with Crippen molar-refractivity contribution in [3.05, 3.63) is 18.5 Å². The predicted octanol–water partition coefficient (Wildman–Crippen LogP) is -0.402. The third-order valence-electron chi connectivity index (χ3n) is 2.02. The Morgan fingerprint density at radius 2 is 2.29 bits per heavy atom.